The molecule has 1 atom stereocenters. The Morgan fingerprint density at radius 3 is 2.20 bits per heavy atom. The number of amides is 2. The van der Waals surface area contributed by atoms with Gasteiger partial charge in [0, 0.05) is 31.0 Å². The molecule has 0 radical (unpaired) electrons. The zero-order valence-corrected chi connectivity index (χ0v) is 21.6. The number of carbonyl (C=O) groups excluding carboxylic acids is 2. The Bertz CT molecular complexity index is 1100. The monoisotopic (exact) mass is 490 g/mol. The average molecular weight is 491 g/mol. The van der Waals surface area contributed by atoms with Gasteiger partial charge in [0.15, 0.2) is 0 Å². The van der Waals surface area contributed by atoms with Crippen LogP contribution in [0.2, 0.25) is 5.02 Å². The van der Waals surface area contributed by atoms with E-state index in [4.69, 9.17) is 11.6 Å². The van der Waals surface area contributed by atoms with Gasteiger partial charge in [-0.1, -0.05) is 92.2 Å². The molecular formula is C30H35ClN2O2. The first-order chi connectivity index (χ1) is 16.9. The fourth-order valence-corrected chi connectivity index (χ4v) is 4.35. The van der Waals surface area contributed by atoms with E-state index in [1.807, 2.05) is 61.5 Å². The van der Waals surface area contributed by atoms with Crippen LogP contribution in [-0.4, -0.2) is 29.3 Å². The van der Waals surface area contributed by atoms with Gasteiger partial charge >= 0.3 is 0 Å². The van der Waals surface area contributed by atoms with Crippen LogP contribution in [0, 0.1) is 0 Å². The van der Waals surface area contributed by atoms with E-state index in [1.54, 1.807) is 4.90 Å². The number of hydrogen-bond acceptors (Lipinski definition) is 2. The summed E-state index contributed by atoms with van der Waals surface area (Å²) in [5, 5.41) is 3.54. The van der Waals surface area contributed by atoms with E-state index in [0.29, 0.717) is 43.3 Å². The number of aryl methyl sites for hydroxylation is 1. The minimum absolute atomic E-state index is 0.0508. The summed E-state index contributed by atoms with van der Waals surface area (Å²) in [6, 6.07) is 25.1. The molecule has 0 heterocycles. The molecule has 0 aliphatic heterocycles. The molecule has 5 heteroatoms. The Morgan fingerprint density at radius 1 is 0.886 bits per heavy atom. The van der Waals surface area contributed by atoms with Crippen molar-refractivity contribution in [1.29, 1.82) is 0 Å². The maximum atomic E-state index is 13.6. The highest BCUT2D eigenvalue weighted by atomic mass is 35.5. The zero-order chi connectivity index (χ0) is 25.2. The summed E-state index contributed by atoms with van der Waals surface area (Å²) >= 11 is 6.22. The lowest BCUT2D eigenvalue weighted by Gasteiger charge is -2.31. The van der Waals surface area contributed by atoms with Crippen LogP contribution in [0.15, 0.2) is 78.9 Å². The number of hydrogen-bond donors (Lipinski definition) is 1. The molecular weight excluding hydrogens is 456 g/mol. The molecule has 0 unspecified atom stereocenters. The number of nitrogens with zero attached hydrogens (tertiary/aromatic N) is 1. The standard InChI is InChI=1S/C30H35ClN2O2/c1-4-32-30(35)28(20-24-9-6-5-7-10-24)33(21-25-11-8-12-27(31)19-25)29(34)18-15-23-13-16-26(17-14-23)22(2)3/h5-14,16-17,19,22,28H,4,15,18,20-21H2,1-3H3,(H,32,35)/t28-/m1/s1. The SMILES string of the molecule is CCNC(=O)[C@@H](Cc1ccccc1)N(Cc1cccc(Cl)c1)C(=O)CCc1ccc(C(C)C)cc1. The van der Waals surface area contributed by atoms with Crippen molar-refractivity contribution >= 4 is 23.4 Å². The summed E-state index contributed by atoms with van der Waals surface area (Å²) in [5.74, 6) is 0.271. The third kappa shape index (κ3) is 7.97. The summed E-state index contributed by atoms with van der Waals surface area (Å²) in [7, 11) is 0. The van der Waals surface area contributed by atoms with Crippen molar-refractivity contribution in [2.24, 2.45) is 0 Å². The fourth-order valence-electron chi connectivity index (χ4n) is 4.14. The third-order valence-electron chi connectivity index (χ3n) is 6.14. The molecule has 4 nitrogen and oxygen atoms in total. The van der Waals surface area contributed by atoms with Crippen molar-refractivity contribution in [3.63, 3.8) is 0 Å². The number of likely N-dealkylation sites (N-methyl/N-ethyl adjacent to an activating group) is 1. The normalized spacial score (nSPS) is 11.8. The fraction of sp³-hybridized carbons (Fsp3) is 0.333. The molecule has 0 saturated heterocycles. The van der Waals surface area contributed by atoms with E-state index >= 15 is 0 Å². The van der Waals surface area contributed by atoms with Gasteiger partial charge in [0.05, 0.1) is 0 Å². The van der Waals surface area contributed by atoms with Crippen molar-refractivity contribution in [2.75, 3.05) is 6.54 Å². The van der Waals surface area contributed by atoms with E-state index in [1.165, 1.54) is 5.56 Å². The lowest BCUT2D eigenvalue weighted by Crippen LogP contribution is -2.50. The lowest BCUT2D eigenvalue weighted by molar-refractivity contribution is -0.141. The Labute approximate surface area is 214 Å². The molecule has 3 aromatic carbocycles. The van der Waals surface area contributed by atoms with Crippen molar-refractivity contribution in [2.45, 2.75) is 58.5 Å². The van der Waals surface area contributed by atoms with Crippen LogP contribution in [0.5, 0.6) is 0 Å². The maximum Gasteiger partial charge on any atom is 0.243 e. The molecule has 0 saturated carbocycles. The highest BCUT2D eigenvalue weighted by Crippen LogP contribution is 2.20. The van der Waals surface area contributed by atoms with E-state index < -0.39 is 6.04 Å². The predicted molar refractivity (Wildman–Crippen MR) is 143 cm³/mol. The number of halogens is 1. The van der Waals surface area contributed by atoms with Gasteiger partial charge in [0.2, 0.25) is 11.8 Å². The van der Waals surface area contributed by atoms with Crippen LogP contribution in [0.3, 0.4) is 0 Å². The van der Waals surface area contributed by atoms with Gasteiger partial charge in [-0.25, -0.2) is 0 Å². The highest BCUT2D eigenvalue weighted by Gasteiger charge is 2.30. The van der Waals surface area contributed by atoms with Crippen LogP contribution in [-0.2, 0) is 29.0 Å². The van der Waals surface area contributed by atoms with Gasteiger partial charge in [-0.3, -0.25) is 9.59 Å². The predicted octanol–water partition coefficient (Wildman–Crippen LogP) is 6.17. The number of benzene rings is 3. The number of rotatable bonds is 11. The molecule has 2 amide bonds. The van der Waals surface area contributed by atoms with E-state index in [9.17, 15) is 9.59 Å². The van der Waals surface area contributed by atoms with E-state index in [2.05, 4.69) is 43.4 Å². The first-order valence-corrected chi connectivity index (χ1v) is 12.7. The second kappa shape index (κ2) is 13.1. The van der Waals surface area contributed by atoms with Crippen molar-refractivity contribution in [1.82, 2.24) is 10.2 Å². The van der Waals surface area contributed by atoms with Gasteiger partial charge in [0.1, 0.15) is 6.04 Å². The largest absolute Gasteiger partial charge is 0.355 e. The van der Waals surface area contributed by atoms with Gasteiger partial charge in [-0.2, -0.15) is 0 Å². The van der Waals surface area contributed by atoms with Crippen LogP contribution >= 0.6 is 11.6 Å². The third-order valence-corrected chi connectivity index (χ3v) is 6.37. The summed E-state index contributed by atoms with van der Waals surface area (Å²) in [5.41, 5.74) is 4.30. The number of nitrogens with one attached hydrogen (secondary N) is 1. The zero-order valence-electron chi connectivity index (χ0n) is 20.8. The molecule has 0 aliphatic carbocycles. The molecule has 0 bridgehead atoms. The summed E-state index contributed by atoms with van der Waals surface area (Å²) in [6.45, 7) is 7.05. The number of carbonyl (C=O) groups is 2. The van der Waals surface area contributed by atoms with Crippen molar-refractivity contribution in [3.05, 3.63) is 106 Å². The van der Waals surface area contributed by atoms with E-state index in [0.717, 1.165) is 16.7 Å². The van der Waals surface area contributed by atoms with Gasteiger partial charge in [-0.15, -0.1) is 0 Å². The van der Waals surface area contributed by atoms with Crippen molar-refractivity contribution in [3.8, 4) is 0 Å². The Hall–Kier alpha value is -3.11. The van der Waals surface area contributed by atoms with Gasteiger partial charge < -0.3 is 10.2 Å². The molecule has 1 N–H and O–H groups in total. The smallest absolute Gasteiger partial charge is 0.243 e. The Kier molecular flexibility index (Phi) is 9.92. The molecule has 3 aromatic rings. The first-order valence-electron chi connectivity index (χ1n) is 12.3. The Balaban J connectivity index is 1.86. The van der Waals surface area contributed by atoms with Crippen LogP contribution in [0.1, 0.15) is 55.4 Å². The molecule has 0 spiro atoms. The summed E-state index contributed by atoms with van der Waals surface area (Å²) in [4.78, 5) is 28.5. The quantitative estimate of drug-likeness (QED) is 0.349. The Morgan fingerprint density at radius 2 is 1.57 bits per heavy atom. The molecule has 0 aliphatic rings. The highest BCUT2D eigenvalue weighted by molar-refractivity contribution is 6.30. The van der Waals surface area contributed by atoms with Crippen LogP contribution in [0.25, 0.3) is 0 Å². The van der Waals surface area contributed by atoms with Gasteiger partial charge in [0.25, 0.3) is 0 Å². The lowest BCUT2D eigenvalue weighted by atomic mass is 9.99. The molecule has 0 fully saturated rings. The maximum absolute atomic E-state index is 13.6. The summed E-state index contributed by atoms with van der Waals surface area (Å²) in [6.07, 6.45) is 1.39. The minimum atomic E-state index is -0.618. The summed E-state index contributed by atoms with van der Waals surface area (Å²) < 4.78 is 0. The average Bonchev–Trinajstić information content (AvgIpc) is 2.85. The first kappa shape index (κ1) is 26.5. The second-order valence-electron chi connectivity index (χ2n) is 9.15. The van der Waals surface area contributed by atoms with Crippen LogP contribution in [0.4, 0.5) is 0 Å². The van der Waals surface area contributed by atoms with E-state index in [-0.39, 0.29) is 11.8 Å². The van der Waals surface area contributed by atoms with Gasteiger partial charge in [-0.05, 0) is 53.6 Å². The van der Waals surface area contributed by atoms with Crippen molar-refractivity contribution < 1.29 is 9.59 Å². The molecule has 0 aromatic heterocycles. The molecule has 3 rings (SSSR count). The second-order valence-corrected chi connectivity index (χ2v) is 9.58. The van der Waals surface area contributed by atoms with Crippen LogP contribution < -0.4 is 5.32 Å². The molecule has 184 valence electrons. The topological polar surface area (TPSA) is 49.4 Å². The molecule has 35 heavy (non-hydrogen) atoms. The minimum Gasteiger partial charge on any atom is -0.355 e.